The average molecular weight is 365 g/mol. The molecule has 2 aromatic rings. The van der Waals surface area contributed by atoms with Crippen LogP contribution in [-0.4, -0.2) is 13.1 Å². The third kappa shape index (κ3) is 4.26. The number of esters is 1. The Bertz CT molecular complexity index is 780. The zero-order valence-corrected chi connectivity index (χ0v) is 17.1. The summed E-state index contributed by atoms with van der Waals surface area (Å²) in [5.74, 6) is 0.597. The van der Waals surface area contributed by atoms with Crippen LogP contribution < -0.4 is 0 Å². The smallest absolute Gasteiger partial charge is 0.311 e. The predicted octanol–water partition coefficient (Wildman–Crippen LogP) is 6.04. The molecule has 0 saturated heterocycles. The Kier molecular flexibility index (Phi) is 6.04. The van der Waals surface area contributed by atoms with Gasteiger partial charge in [-0.2, -0.15) is 0 Å². The molecule has 0 N–H and O–H groups in total. The molecule has 1 aliphatic carbocycles. The highest BCUT2D eigenvalue weighted by Gasteiger charge is 2.38. The number of benzene rings is 2. The number of rotatable bonds is 8. The fraction of sp³-hybridized carbons (Fsp3) is 0.480. The molecular formula is C25H32O2. The fourth-order valence-corrected chi connectivity index (χ4v) is 4.58. The number of hydrogen-bond donors (Lipinski definition) is 0. The Morgan fingerprint density at radius 1 is 1.04 bits per heavy atom. The van der Waals surface area contributed by atoms with E-state index in [-0.39, 0.29) is 5.97 Å². The molecule has 0 heterocycles. The Balaban J connectivity index is 1.80. The topological polar surface area (TPSA) is 26.3 Å². The van der Waals surface area contributed by atoms with Crippen LogP contribution in [-0.2, 0) is 22.4 Å². The van der Waals surface area contributed by atoms with Gasteiger partial charge in [0, 0.05) is 0 Å². The van der Waals surface area contributed by atoms with Crippen molar-refractivity contribution in [3.63, 3.8) is 0 Å². The first-order valence-electron chi connectivity index (χ1n) is 10.2. The zero-order valence-electron chi connectivity index (χ0n) is 17.1. The highest BCUT2D eigenvalue weighted by molar-refractivity contribution is 5.76. The van der Waals surface area contributed by atoms with Crippen molar-refractivity contribution < 1.29 is 9.53 Å². The van der Waals surface area contributed by atoms with E-state index in [1.807, 2.05) is 6.07 Å². The Hall–Kier alpha value is -2.09. The van der Waals surface area contributed by atoms with Crippen molar-refractivity contribution in [1.29, 1.82) is 0 Å². The molecule has 3 rings (SSSR count). The summed E-state index contributed by atoms with van der Waals surface area (Å²) in [6.07, 6.45) is 5.04. The largest absolute Gasteiger partial charge is 0.469 e. The molecule has 2 aromatic carbocycles. The van der Waals surface area contributed by atoms with Crippen molar-refractivity contribution >= 4 is 5.97 Å². The zero-order chi connectivity index (χ0) is 19.4. The summed E-state index contributed by atoms with van der Waals surface area (Å²) in [7, 11) is 1.51. The lowest BCUT2D eigenvalue weighted by atomic mass is 9.71. The summed E-state index contributed by atoms with van der Waals surface area (Å²) in [5, 5.41) is 0. The van der Waals surface area contributed by atoms with Gasteiger partial charge >= 0.3 is 5.97 Å². The summed E-state index contributed by atoms with van der Waals surface area (Å²) in [5.41, 5.74) is 5.12. The van der Waals surface area contributed by atoms with Gasteiger partial charge in [0.1, 0.15) is 0 Å². The lowest BCUT2D eigenvalue weighted by Gasteiger charge is -2.33. The standard InChI is InChI=1S/C25H32O2/c1-5-19(20-9-7-6-8-10-20)17-25(3,24(26)27-4)16-18(2)22-13-11-21-12-14-23(21)15-22/h6-11,13,15,18-19H,5,12,14,16-17H2,1-4H3. The first-order valence-corrected chi connectivity index (χ1v) is 10.2. The van der Waals surface area contributed by atoms with E-state index in [1.165, 1.54) is 42.2 Å². The van der Waals surface area contributed by atoms with E-state index in [1.54, 1.807) is 0 Å². The molecule has 2 heteroatoms. The van der Waals surface area contributed by atoms with Gasteiger partial charge in [-0.05, 0) is 73.1 Å². The summed E-state index contributed by atoms with van der Waals surface area (Å²) in [6.45, 7) is 6.53. The number of hydrogen-bond acceptors (Lipinski definition) is 2. The third-order valence-corrected chi connectivity index (χ3v) is 6.36. The second-order valence-electron chi connectivity index (χ2n) is 8.41. The molecule has 27 heavy (non-hydrogen) atoms. The number of carbonyl (C=O) groups is 1. The van der Waals surface area contributed by atoms with Crippen LogP contribution in [0.5, 0.6) is 0 Å². The number of carbonyl (C=O) groups excluding carboxylic acids is 1. The second-order valence-corrected chi connectivity index (χ2v) is 8.41. The van der Waals surface area contributed by atoms with Gasteiger partial charge in [-0.25, -0.2) is 0 Å². The molecule has 2 nitrogen and oxygen atoms in total. The minimum absolute atomic E-state index is 0.0901. The minimum atomic E-state index is -0.492. The van der Waals surface area contributed by atoms with Crippen molar-refractivity contribution in [3.8, 4) is 0 Å². The summed E-state index contributed by atoms with van der Waals surface area (Å²) in [4.78, 5) is 12.8. The van der Waals surface area contributed by atoms with E-state index in [9.17, 15) is 4.79 Å². The van der Waals surface area contributed by atoms with Gasteiger partial charge in [-0.15, -0.1) is 0 Å². The average Bonchev–Trinajstić information content (AvgIpc) is 2.67. The predicted molar refractivity (Wildman–Crippen MR) is 111 cm³/mol. The first kappa shape index (κ1) is 19.7. The van der Waals surface area contributed by atoms with Crippen molar-refractivity contribution in [2.45, 2.75) is 64.7 Å². The molecule has 3 unspecified atom stereocenters. The highest BCUT2D eigenvalue weighted by atomic mass is 16.5. The van der Waals surface area contributed by atoms with Crippen molar-refractivity contribution in [2.75, 3.05) is 7.11 Å². The van der Waals surface area contributed by atoms with E-state index in [0.717, 1.165) is 19.3 Å². The molecule has 0 bridgehead atoms. The van der Waals surface area contributed by atoms with E-state index < -0.39 is 5.41 Å². The molecule has 1 aliphatic rings. The summed E-state index contributed by atoms with van der Waals surface area (Å²) < 4.78 is 5.25. The quantitative estimate of drug-likeness (QED) is 0.534. The maximum Gasteiger partial charge on any atom is 0.311 e. The summed E-state index contributed by atoms with van der Waals surface area (Å²) in [6, 6.07) is 17.4. The second kappa shape index (κ2) is 8.29. The summed E-state index contributed by atoms with van der Waals surface area (Å²) >= 11 is 0. The van der Waals surface area contributed by atoms with E-state index in [4.69, 9.17) is 4.74 Å². The van der Waals surface area contributed by atoms with E-state index in [2.05, 4.69) is 63.2 Å². The normalized spacial score (nSPS) is 17.2. The Morgan fingerprint density at radius 3 is 2.30 bits per heavy atom. The Morgan fingerprint density at radius 2 is 1.74 bits per heavy atom. The van der Waals surface area contributed by atoms with E-state index in [0.29, 0.717) is 11.8 Å². The molecule has 0 spiro atoms. The lowest BCUT2D eigenvalue weighted by Crippen LogP contribution is -2.32. The van der Waals surface area contributed by atoms with E-state index >= 15 is 0 Å². The maximum absolute atomic E-state index is 12.8. The van der Waals surface area contributed by atoms with Crippen LogP contribution in [0.1, 0.15) is 74.1 Å². The molecule has 144 valence electrons. The van der Waals surface area contributed by atoms with Gasteiger partial charge in [0.25, 0.3) is 0 Å². The monoisotopic (exact) mass is 364 g/mol. The minimum Gasteiger partial charge on any atom is -0.469 e. The van der Waals surface area contributed by atoms with Crippen LogP contribution in [0.25, 0.3) is 0 Å². The van der Waals surface area contributed by atoms with Gasteiger partial charge in [-0.3, -0.25) is 4.79 Å². The molecular weight excluding hydrogens is 332 g/mol. The van der Waals surface area contributed by atoms with Gasteiger partial charge in [0.15, 0.2) is 0 Å². The SMILES string of the molecule is CCC(CC(C)(CC(C)c1ccc2c(c1)CC2)C(=O)OC)c1ccccc1. The van der Waals surface area contributed by atoms with Crippen molar-refractivity contribution in [1.82, 2.24) is 0 Å². The number of methoxy groups -OCH3 is 1. The van der Waals surface area contributed by atoms with Gasteiger partial charge in [0.05, 0.1) is 12.5 Å². The lowest BCUT2D eigenvalue weighted by molar-refractivity contribution is -0.153. The van der Waals surface area contributed by atoms with Crippen LogP contribution in [0.4, 0.5) is 0 Å². The van der Waals surface area contributed by atoms with Crippen LogP contribution >= 0.6 is 0 Å². The van der Waals surface area contributed by atoms with Crippen LogP contribution in [0.3, 0.4) is 0 Å². The molecule has 0 aliphatic heterocycles. The molecule has 0 fully saturated rings. The maximum atomic E-state index is 12.8. The molecule has 0 saturated carbocycles. The van der Waals surface area contributed by atoms with Crippen LogP contribution in [0, 0.1) is 5.41 Å². The molecule has 3 atom stereocenters. The van der Waals surface area contributed by atoms with Crippen molar-refractivity contribution in [3.05, 3.63) is 70.8 Å². The van der Waals surface area contributed by atoms with Gasteiger partial charge < -0.3 is 4.74 Å². The first-order chi connectivity index (χ1) is 13.0. The van der Waals surface area contributed by atoms with Gasteiger partial charge in [-0.1, -0.05) is 62.4 Å². The number of ether oxygens (including phenoxy) is 1. The number of fused-ring (bicyclic) bond motifs is 1. The third-order valence-electron chi connectivity index (χ3n) is 6.36. The fourth-order valence-electron chi connectivity index (χ4n) is 4.58. The van der Waals surface area contributed by atoms with Crippen LogP contribution in [0.2, 0.25) is 0 Å². The highest BCUT2D eigenvalue weighted by Crippen LogP contribution is 2.42. The van der Waals surface area contributed by atoms with Crippen molar-refractivity contribution in [2.24, 2.45) is 5.41 Å². The molecule has 0 amide bonds. The molecule has 0 radical (unpaired) electrons. The molecule has 0 aromatic heterocycles. The van der Waals surface area contributed by atoms with Crippen LogP contribution in [0.15, 0.2) is 48.5 Å². The van der Waals surface area contributed by atoms with Gasteiger partial charge in [0.2, 0.25) is 0 Å². The Labute approximate surface area is 164 Å². The number of aryl methyl sites for hydroxylation is 2.